The summed E-state index contributed by atoms with van der Waals surface area (Å²) in [6.45, 7) is 0.227. The first-order valence-corrected chi connectivity index (χ1v) is 18.0. The Morgan fingerprint density at radius 1 is 0.340 bits per heavy atom. The van der Waals surface area contributed by atoms with Crippen molar-refractivity contribution in [2.75, 3.05) is 0 Å². The van der Waals surface area contributed by atoms with Gasteiger partial charge in [-0.25, -0.2) is 0 Å². The Kier molecular flexibility index (Phi) is 6.70. The SMILES string of the molecule is [2H]c1ccc2c3ccc(-c4cccc(-c5cccc(-c6ccc7c(c6)Sc6ccccc6B7c6ccccc6)c5)c4)cc3c3ccccc3c2c1. The summed E-state index contributed by atoms with van der Waals surface area (Å²) in [6.07, 6.45) is 0. The van der Waals surface area contributed by atoms with E-state index in [9.17, 15) is 0 Å². The summed E-state index contributed by atoms with van der Waals surface area (Å²) >= 11 is 1.88. The average molecular weight is 652 g/mol. The molecule has 0 N–H and O–H groups in total. The maximum atomic E-state index is 8.26. The molecule has 9 aromatic carbocycles. The summed E-state index contributed by atoms with van der Waals surface area (Å²) in [6, 6.07) is 66.6. The third-order valence-corrected chi connectivity index (χ3v) is 11.5. The highest BCUT2D eigenvalue weighted by Crippen LogP contribution is 2.38. The molecule has 0 bridgehead atoms. The van der Waals surface area contributed by atoms with Gasteiger partial charge in [-0.05, 0) is 96.0 Å². The fourth-order valence-corrected chi connectivity index (χ4v) is 9.10. The van der Waals surface area contributed by atoms with Gasteiger partial charge in [0.05, 0.1) is 1.37 Å². The van der Waals surface area contributed by atoms with Crippen molar-refractivity contribution in [2.45, 2.75) is 9.79 Å². The Hall–Kier alpha value is -5.83. The van der Waals surface area contributed by atoms with Crippen LogP contribution in [0.1, 0.15) is 1.37 Å². The molecule has 0 saturated heterocycles. The number of rotatable bonds is 4. The molecule has 1 aliphatic rings. The van der Waals surface area contributed by atoms with Gasteiger partial charge >= 0.3 is 0 Å². The van der Waals surface area contributed by atoms with Crippen molar-refractivity contribution in [3.8, 4) is 33.4 Å². The number of fused-ring (bicyclic) bond motifs is 8. The predicted molar refractivity (Wildman–Crippen MR) is 217 cm³/mol. The summed E-state index contributed by atoms with van der Waals surface area (Å²) in [5, 5.41) is 7.20. The zero-order valence-corrected chi connectivity index (χ0v) is 28.1. The van der Waals surface area contributed by atoms with Gasteiger partial charge in [-0.2, -0.15) is 0 Å². The summed E-state index contributed by atoms with van der Waals surface area (Å²) in [5.41, 5.74) is 11.3. The van der Waals surface area contributed by atoms with Crippen LogP contribution in [-0.2, 0) is 0 Å². The molecular weight excluding hydrogens is 619 g/mol. The third-order valence-electron chi connectivity index (χ3n) is 10.3. The van der Waals surface area contributed by atoms with Crippen LogP contribution in [-0.4, -0.2) is 6.71 Å². The van der Waals surface area contributed by atoms with Gasteiger partial charge in [0.15, 0.2) is 0 Å². The number of hydrogen-bond acceptors (Lipinski definition) is 1. The van der Waals surface area contributed by atoms with Gasteiger partial charge in [0.2, 0.25) is 6.71 Å². The fourth-order valence-electron chi connectivity index (χ4n) is 7.92. The molecule has 0 atom stereocenters. The Morgan fingerprint density at radius 2 is 0.860 bits per heavy atom. The van der Waals surface area contributed by atoms with Crippen molar-refractivity contribution in [3.05, 3.63) is 188 Å². The van der Waals surface area contributed by atoms with E-state index >= 15 is 0 Å². The highest BCUT2D eigenvalue weighted by Gasteiger charge is 2.31. The molecule has 1 aliphatic heterocycles. The minimum absolute atomic E-state index is 0.227. The van der Waals surface area contributed by atoms with Crippen LogP contribution < -0.4 is 16.4 Å². The van der Waals surface area contributed by atoms with Gasteiger partial charge in [0.1, 0.15) is 0 Å². The standard InChI is InChI=1S/C48H31BS/c1-2-16-38(17-3-1)49-45-22-8-9-23-47(45)50-48-31-37(25-27-46(48)49)35-15-11-13-33(29-35)32-12-10-14-34(28-32)36-24-26-43-41-20-5-4-18-39(41)40-19-6-7-21-42(40)44(43)30-36/h1-31H/i4D. The van der Waals surface area contributed by atoms with E-state index in [4.69, 9.17) is 1.37 Å². The van der Waals surface area contributed by atoms with E-state index in [0.29, 0.717) is 6.04 Å². The topological polar surface area (TPSA) is 0 Å². The smallest absolute Gasteiger partial charge is 0.0911 e. The summed E-state index contributed by atoms with van der Waals surface area (Å²) in [4.78, 5) is 2.66. The van der Waals surface area contributed by atoms with Crippen LogP contribution in [0.4, 0.5) is 0 Å². The lowest BCUT2D eigenvalue weighted by Crippen LogP contribution is -2.55. The predicted octanol–water partition coefficient (Wildman–Crippen LogP) is 11.1. The monoisotopic (exact) mass is 651 g/mol. The van der Waals surface area contributed by atoms with Gasteiger partial charge in [0.25, 0.3) is 0 Å². The molecule has 0 radical (unpaired) electrons. The molecule has 0 spiro atoms. The summed E-state index contributed by atoms with van der Waals surface area (Å²) in [7, 11) is 0. The molecule has 0 aliphatic carbocycles. The van der Waals surface area contributed by atoms with Crippen molar-refractivity contribution in [2.24, 2.45) is 0 Å². The highest BCUT2D eigenvalue weighted by molar-refractivity contribution is 8.00. The number of benzene rings is 9. The zero-order valence-electron chi connectivity index (χ0n) is 28.3. The molecule has 1 heterocycles. The number of hydrogen-bond donors (Lipinski definition) is 0. The quantitative estimate of drug-likeness (QED) is 0.135. The Labute approximate surface area is 298 Å². The maximum Gasteiger partial charge on any atom is 0.244 e. The van der Waals surface area contributed by atoms with Crippen LogP contribution in [0.3, 0.4) is 0 Å². The van der Waals surface area contributed by atoms with E-state index in [1.165, 1.54) is 86.5 Å². The van der Waals surface area contributed by atoms with E-state index < -0.39 is 0 Å². The zero-order chi connectivity index (χ0) is 33.9. The van der Waals surface area contributed by atoms with E-state index in [0.717, 1.165) is 5.39 Å². The first kappa shape index (κ1) is 28.1. The van der Waals surface area contributed by atoms with E-state index in [1.54, 1.807) is 0 Å². The van der Waals surface area contributed by atoms with Gasteiger partial charge in [-0.15, -0.1) is 0 Å². The van der Waals surface area contributed by atoms with Crippen molar-refractivity contribution >= 4 is 67.2 Å². The Morgan fingerprint density at radius 3 is 1.60 bits per heavy atom. The van der Waals surface area contributed by atoms with Crippen LogP contribution in [0.15, 0.2) is 198 Å². The van der Waals surface area contributed by atoms with Crippen LogP contribution in [0.2, 0.25) is 0 Å². The van der Waals surface area contributed by atoms with Gasteiger partial charge in [-0.3, -0.25) is 0 Å². The van der Waals surface area contributed by atoms with Gasteiger partial charge in [-0.1, -0.05) is 186 Å². The van der Waals surface area contributed by atoms with Crippen LogP contribution in [0, 0.1) is 0 Å². The molecule has 0 amide bonds. The largest absolute Gasteiger partial charge is 0.244 e. The Bertz CT molecular complexity index is 2790. The van der Waals surface area contributed by atoms with E-state index in [2.05, 4.69) is 170 Å². The van der Waals surface area contributed by atoms with Gasteiger partial charge < -0.3 is 0 Å². The second kappa shape index (κ2) is 11.9. The van der Waals surface area contributed by atoms with Crippen molar-refractivity contribution in [1.82, 2.24) is 0 Å². The molecule has 9 aromatic rings. The minimum Gasteiger partial charge on any atom is -0.0911 e. The van der Waals surface area contributed by atoms with Crippen molar-refractivity contribution < 1.29 is 1.37 Å². The summed E-state index contributed by atoms with van der Waals surface area (Å²) in [5.74, 6) is 0. The van der Waals surface area contributed by atoms with Crippen molar-refractivity contribution in [3.63, 3.8) is 0 Å². The molecular formula is C48H31BS. The molecule has 232 valence electrons. The highest BCUT2D eigenvalue weighted by atomic mass is 32.2. The molecule has 0 saturated carbocycles. The Balaban J connectivity index is 1.03. The second-order valence-corrected chi connectivity index (χ2v) is 14.3. The van der Waals surface area contributed by atoms with E-state index in [-0.39, 0.29) is 6.71 Å². The third kappa shape index (κ3) is 4.87. The van der Waals surface area contributed by atoms with Gasteiger partial charge in [0, 0.05) is 9.79 Å². The minimum atomic E-state index is 0.227. The molecule has 0 aromatic heterocycles. The molecule has 0 nitrogen and oxygen atoms in total. The lowest BCUT2D eigenvalue weighted by atomic mass is 9.36. The molecule has 50 heavy (non-hydrogen) atoms. The molecule has 0 unspecified atom stereocenters. The van der Waals surface area contributed by atoms with Crippen molar-refractivity contribution in [1.29, 1.82) is 0 Å². The molecule has 10 rings (SSSR count). The van der Waals surface area contributed by atoms with E-state index in [1.807, 2.05) is 23.9 Å². The second-order valence-electron chi connectivity index (χ2n) is 13.2. The molecule has 2 heteroatoms. The normalized spacial score (nSPS) is 12.6. The summed E-state index contributed by atoms with van der Waals surface area (Å²) < 4.78 is 8.26. The van der Waals surface area contributed by atoms with Crippen LogP contribution in [0.25, 0.3) is 65.7 Å². The van der Waals surface area contributed by atoms with Crippen LogP contribution in [0.5, 0.6) is 0 Å². The maximum absolute atomic E-state index is 8.26. The fraction of sp³-hybridized carbons (Fsp3) is 0. The first-order chi connectivity index (χ1) is 25.2. The lowest BCUT2D eigenvalue weighted by molar-refractivity contribution is 1.43. The molecule has 0 fully saturated rings. The first-order valence-electron chi connectivity index (χ1n) is 17.7. The average Bonchev–Trinajstić information content (AvgIpc) is 3.20. The lowest BCUT2D eigenvalue weighted by Gasteiger charge is -2.26. The van der Waals surface area contributed by atoms with Crippen LogP contribution >= 0.6 is 11.8 Å².